The molecule has 0 unspecified atom stereocenters. The summed E-state index contributed by atoms with van der Waals surface area (Å²) in [5, 5.41) is 17.0. The zero-order chi connectivity index (χ0) is 19.8. The fraction of sp³-hybridized carbons (Fsp3) is 0.0476. The summed E-state index contributed by atoms with van der Waals surface area (Å²) in [6.45, 7) is 0.388. The second-order valence-electron chi connectivity index (χ2n) is 5.88. The molecule has 0 aliphatic rings. The zero-order valence-electron chi connectivity index (χ0n) is 14.8. The molecule has 0 aliphatic carbocycles. The number of hydrogen-bond donors (Lipinski definition) is 3. The molecule has 0 bridgehead atoms. The van der Waals surface area contributed by atoms with E-state index in [1.807, 2.05) is 18.2 Å². The van der Waals surface area contributed by atoms with Crippen LogP contribution in [0.5, 0.6) is 0 Å². The molecule has 1 heterocycles. The summed E-state index contributed by atoms with van der Waals surface area (Å²) >= 11 is 0. The highest BCUT2D eigenvalue weighted by Gasteiger charge is 2.07. The third-order valence-corrected chi connectivity index (χ3v) is 3.88. The van der Waals surface area contributed by atoms with Crippen molar-refractivity contribution in [3.63, 3.8) is 0 Å². The molecule has 28 heavy (non-hydrogen) atoms. The molecule has 7 heteroatoms. The molecule has 0 saturated heterocycles. The van der Waals surface area contributed by atoms with Crippen LogP contribution in [0.2, 0.25) is 0 Å². The van der Waals surface area contributed by atoms with Crippen molar-refractivity contribution < 1.29 is 9.59 Å². The van der Waals surface area contributed by atoms with E-state index in [0.717, 1.165) is 5.56 Å². The van der Waals surface area contributed by atoms with Crippen LogP contribution >= 0.6 is 0 Å². The minimum Gasteiger partial charge on any atom is -0.334 e. The summed E-state index contributed by atoms with van der Waals surface area (Å²) in [5.74, 6) is -0.279. The number of benzene rings is 2. The molecular weight excluding hydrogens is 354 g/mol. The smallest absolute Gasteiger partial charge is 0.319 e. The third-order valence-electron chi connectivity index (χ3n) is 3.88. The number of nitrogens with one attached hydrogen (secondary N) is 3. The molecule has 0 fully saturated rings. The van der Waals surface area contributed by atoms with Gasteiger partial charge in [-0.2, -0.15) is 5.26 Å². The Hall–Kier alpha value is -4.18. The van der Waals surface area contributed by atoms with Crippen molar-refractivity contribution in [2.75, 3.05) is 10.6 Å². The molecular formula is C21H17N5O2. The lowest BCUT2D eigenvalue weighted by Crippen LogP contribution is -2.28. The van der Waals surface area contributed by atoms with Gasteiger partial charge < -0.3 is 16.0 Å². The Morgan fingerprint density at radius 2 is 1.46 bits per heavy atom. The number of nitrogens with zero attached hydrogens (tertiary/aromatic N) is 2. The molecule has 0 saturated carbocycles. The Labute approximate surface area is 162 Å². The molecule has 7 nitrogen and oxygen atoms in total. The number of urea groups is 1. The lowest BCUT2D eigenvalue weighted by atomic mass is 10.1. The third kappa shape index (κ3) is 5.16. The normalized spacial score (nSPS) is 9.82. The van der Waals surface area contributed by atoms with E-state index >= 15 is 0 Å². The predicted octanol–water partition coefficient (Wildman–Crippen LogP) is 3.53. The minimum absolute atomic E-state index is 0.279. The van der Waals surface area contributed by atoms with Crippen molar-refractivity contribution in [3.05, 3.63) is 89.7 Å². The number of carbonyl (C=O) groups is 2. The second kappa shape index (κ2) is 8.96. The number of amides is 3. The molecule has 3 aromatic rings. The molecule has 0 radical (unpaired) electrons. The van der Waals surface area contributed by atoms with Crippen LogP contribution in [0.25, 0.3) is 0 Å². The lowest BCUT2D eigenvalue weighted by molar-refractivity contribution is 0.102. The van der Waals surface area contributed by atoms with E-state index in [-0.39, 0.29) is 11.9 Å². The van der Waals surface area contributed by atoms with Crippen molar-refractivity contribution in [1.29, 1.82) is 5.26 Å². The average molecular weight is 371 g/mol. The number of pyridine rings is 1. The van der Waals surface area contributed by atoms with E-state index in [1.165, 1.54) is 0 Å². The van der Waals surface area contributed by atoms with Crippen LogP contribution in [0.1, 0.15) is 21.5 Å². The summed E-state index contributed by atoms with van der Waals surface area (Å²) in [6.07, 6.45) is 3.33. The van der Waals surface area contributed by atoms with Gasteiger partial charge in [0.1, 0.15) is 0 Å². The van der Waals surface area contributed by atoms with E-state index < -0.39 is 0 Å². The SMILES string of the molecule is N#Cc1ccc(NC(=O)c2ccc(NC(=O)NCc3ccncc3)cc2)cc1. The molecule has 0 spiro atoms. The van der Waals surface area contributed by atoms with Crippen LogP contribution < -0.4 is 16.0 Å². The number of carbonyl (C=O) groups excluding carboxylic acids is 2. The maximum Gasteiger partial charge on any atom is 0.319 e. The van der Waals surface area contributed by atoms with Gasteiger partial charge in [-0.05, 0) is 66.2 Å². The average Bonchev–Trinajstić information content (AvgIpc) is 2.74. The Kier molecular flexibility index (Phi) is 5.95. The number of aromatic nitrogens is 1. The number of hydrogen-bond acceptors (Lipinski definition) is 4. The van der Waals surface area contributed by atoms with Gasteiger partial charge in [-0.15, -0.1) is 0 Å². The van der Waals surface area contributed by atoms with Gasteiger partial charge in [0, 0.05) is 35.9 Å². The standard InChI is InChI=1S/C21H17N5O2/c22-13-15-1-5-18(6-2-15)25-20(27)17-3-7-19(8-4-17)26-21(28)24-14-16-9-11-23-12-10-16/h1-12H,14H2,(H,25,27)(H2,24,26,28). The summed E-state index contributed by atoms with van der Waals surface area (Å²) in [6, 6.07) is 18.5. The molecule has 3 rings (SSSR count). The van der Waals surface area contributed by atoms with Crippen LogP contribution in [-0.4, -0.2) is 16.9 Å². The molecule has 3 N–H and O–H groups in total. The van der Waals surface area contributed by atoms with Crippen LogP contribution in [0, 0.1) is 11.3 Å². The maximum absolute atomic E-state index is 12.3. The Morgan fingerprint density at radius 1 is 0.857 bits per heavy atom. The Morgan fingerprint density at radius 3 is 2.11 bits per heavy atom. The van der Waals surface area contributed by atoms with Crippen LogP contribution in [0.4, 0.5) is 16.2 Å². The molecule has 2 aromatic carbocycles. The van der Waals surface area contributed by atoms with E-state index in [1.54, 1.807) is 60.9 Å². The summed E-state index contributed by atoms with van der Waals surface area (Å²) in [7, 11) is 0. The highest BCUT2D eigenvalue weighted by atomic mass is 16.2. The Balaban J connectivity index is 1.52. The summed E-state index contributed by atoms with van der Waals surface area (Å²) in [4.78, 5) is 28.2. The van der Waals surface area contributed by atoms with Gasteiger partial charge in [-0.3, -0.25) is 9.78 Å². The molecule has 1 aromatic heterocycles. The first-order chi connectivity index (χ1) is 13.6. The first-order valence-electron chi connectivity index (χ1n) is 8.49. The number of anilines is 2. The van der Waals surface area contributed by atoms with Gasteiger partial charge in [-0.1, -0.05) is 0 Å². The van der Waals surface area contributed by atoms with Gasteiger partial charge in [0.2, 0.25) is 0 Å². The minimum atomic E-state index is -0.341. The highest BCUT2D eigenvalue weighted by Crippen LogP contribution is 2.13. The van der Waals surface area contributed by atoms with E-state index in [2.05, 4.69) is 20.9 Å². The van der Waals surface area contributed by atoms with Crippen LogP contribution in [0.15, 0.2) is 73.1 Å². The second-order valence-corrected chi connectivity index (χ2v) is 5.88. The maximum atomic E-state index is 12.3. The number of rotatable bonds is 5. The summed E-state index contributed by atoms with van der Waals surface area (Å²) in [5.41, 5.74) is 3.09. The van der Waals surface area contributed by atoms with Crippen LogP contribution in [0.3, 0.4) is 0 Å². The fourth-order valence-electron chi connectivity index (χ4n) is 2.39. The van der Waals surface area contributed by atoms with Gasteiger partial charge in [0.25, 0.3) is 5.91 Å². The fourth-order valence-corrected chi connectivity index (χ4v) is 2.39. The number of nitriles is 1. The first kappa shape index (κ1) is 18.6. The van der Waals surface area contributed by atoms with Crippen molar-refractivity contribution in [3.8, 4) is 6.07 Å². The van der Waals surface area contributed by atoms with Crippen molar-refractivity contribution in [2.45, 2.75) is 6.54 Å². The molecule has 138 valence electrons. The van der Waals surface area contributed by atoms with E-state index in [9.17, 15) is 9.59 Å². The van der Waals surface area contributed by atoms with E-state index in [4.69, 9.17) is 5.26 Å². The van der Waals surface area contributed by atoms with Gasteiger partial charge in [0.15, 0.2) is 0 Å². The largest absolute Gasteiger partial charge is 0.334 e. The zero-order valence-corrected chi connectivity index (χ0v) is 14.8. The van der Waals surface area contributed by atoms with Gasteiger partial charge in [-0.25, -0.2) is 4.79 Å². The monoisotopic (exact) mass is 371 g/mol. The molecule has 0 atom stereocenters. The molecule has 3 amide bonds. The Bertz CT molecular complexity index is 994. The van der Waals surface area contributed by atoms with Crippen molar-refractivity contribution in [1.82, 2.24) is 10.3 Å². The van der Waals surface area contributed by atoms with Crippen LogP contribution in [-0.2, 0) is 6.54 Å². The summed E-state index contributed by atoms with van der Waals surface area (Å²) < 4.78 is 0. The van der Waals surface area contributed by atoms with E-state index in [0.29, 0.717) is 29.0 Å². The molecule has 0 aliphatic heterocycles. The van der Waals surface area contributed by atoms with Gasteiger partial charge in [0.05, 0.1) is 11.6 Å². The predicted molar refractivity (Wildman–Crippen MR) is 106 cm³/mol. The van der Waals surface area contributed by atoms with Crippen molar-refractivity contribution >= 4 is 23.3 Å². The van der Waals surface area contributed by atoms with Gasteiger partial charge >= 0.3 is 6.03 Å². The van der Waals surface area contributed by atoms with Crippen molar-refractivity contribution in [2.24, 2.45) is 0 Å². The highest BCUT2D eigenvalue weighted by molar-refractivity contribution is 6.04. The lowest BCUT2D eigenvalue weighted by Gasteiger charge is -2.09. The first-order valence-corrected chi connectivity index (χ1v) is 8.49. The quantitative estimate of drug-likeness (QED) is 0.638. The topological polar surface area (TPSA) is 107 Å².